The van der Waals surface area contributed by atoms with Crippen LogP contribution in [0.25, 0.3) is 0 Å². The van der Waals surface area contributed by atoms with E-state index in [1.54, 1.807) is 36.3 Å². The minimum atomic E-state index is -0.206. The van der Waals surface area contributed by atoms with Crippen molar-refractivity contribution in [1.82, 2.24) is 9.80 Å². The van der Waals surface area contributed by atoms with Crippen molar-refractivity contribution in [3.63, 3.8) is 0 Å². The number of amides is 1. The lowest BCUT2D eigenvalue weighted by molar-refractivity contribution is 0.0839. The molecule has 2 aromatic carbocycles. The number of guanidine groups is 1. The molecule has 0 atom stereocenters. The van der Waals surface area contributed by atoms with Crippen molar-refractivity contribution < 1.29 is 13.9 Å². The fourth-order valence-electron chi connectivity index (χ4n) is 3.72. The van der Waals surface area contributed by atoms with Crippen LogP contribution >= 0.6 is 0 Å². The first kappa shape index (κ1) is 18.3. The van der Waals surface area contributed by atoms with E-state index in [0.717, 1.165) is 0 Å². The van der Waals surface area contributed by atoms with Gasteiger partial charge >= 0.3 is 0 Å². The van der Waals surface area contributed by atoms with Gasteiger partial charge in [-0.15, -0.1) is 0 Å². The maximum atomic E-state index is 14.1. The van der Waals surface area contributed by atoms with Crippen LogP contribution < -0.4 is 9.64 Å². The van der Waals surface area contributed by atoms with E-state index < -0.39 is 0 Å². The summed E-state index contributed by atoms with van der Waals surface area (Å²) in [5.41, 5.74) is 1.15. The summed E-state index contributed by atoms with van der Waals surface area (Å²) in [4.78, 5) is 23.5. The van der Waals surface area contributed by atoms with Gasteiger partial charge in [0.25, 0.3) is 5.91 Å². The maximum absolute atomic E-state index is 14.1. The number of aliphatic imine (C=N–C) groups is 1. The van der Waals surface area contributed by atoms with Crippen LogP contribution in [0, 0.1) is 5.82 Å². The molecular weight excluding hydrogens is 359 g/mol. The largest absolute Gasteiger partial charge is 0.496 e. The average molecular weight is 382 g/mol. The fourth-order valence-corrected chi connectivity index (χ4v) is 3.72. The SMILES string of the molecule is COc1ccccc1C(=O)N1CCN=C1N1CCN(c2ccccc2F)CC1. The molecule has 7 heteroatoms. The summed E-state index contributed by atoms with van der Waals surface area (Å²) in [7, 11) is 1.56. The minimum Gasteiger partial charge on any atom is -0.496 e. The molecule has 0 saturated carbocycles. The standard InChI is InChI=1S/C21H23FN4O2/c1-28-19-9-5-2-6-16(19)20(27)26-11-10-23-21(26)25-14-12-24(13-15-25)18-8-4-3-7-17(18)22/h2-9H,10-15H2,1H3. The third kappa shape index (κ3) is 3.40. The summed E-state index contributed by atoms with van der Waals surface area (Å²) in [5, 5.41) is 0. The zero-order chi connectivity index (χ0) is 19.5. The quantitative estimate of drug-likeness (QED) is 0.818. The summed E-state index contributed by atoms with van der Waals surface area (Å²) in [5.74, 6) is 0.944. The lowest BCUT2D eigenvalue weighted by atomic mass is 10.1. The topological polar surface area (TPSA) is 48.4 Å². The molecule has 0 spiro atoms. The van der Waals surface area contributed by atoms with Crippen LogP contribution in [0.4, 0.5) is 10.1 Å². The lowest BCUT2D eigenvalue weighted by Crippen LogP contribution is -2.53. The fraction of sp³-hybridized carbons (Fsp3) is 0.333. The number of hydrogen-bond donors (Lipinski definition) is 0. The molecule has 2 aliphatic heterocycles. The van der Waals surface area contributed by atoms with Crippen LogP contribution in [0.3, 0.4) is 0 Å². The van der Waals surface area contributed by atoms with Gasteiger partial charge < -0.3 is 14.5 Å². The number of hydrogen-bond acceptors (Lipinski definition) is 5. The third-order valence-electron chi connectivity index (χ3n) is 5.16. The molecule has 0 aromatic heterocycles. The molecule has 28 heavy (non-hydrogen) atoms. The van der Waals surface area contributed by atoms with Gasteiger partial charge in [-0.25, -0.2) is 4.39 Å². The number of ether oxygens (including phenoxy) is 1. The van der Waals surface area contributed by atoms with Gasteiger partial charge in [-0.2, -0.15) is 0 Å². The lowest BCUT2D eigenvalue weighted by Gasteiger charge is -2.38. The number of piperazine rings is 1. The predicted molar refractivity (Wildman–Crippen MR) is 107 cm³/mol. The number of nitrogens with zero attached hydrogens (tertiary/aromatic N) is 4. The molecule has 0 radical (unpaired) electrons. The van der Waals surface area contributed by atoms with Gasteiger partial charge in [0.15, 0.2) is 0 Å². The van der Waals surface area contributed by atoms with Gasteiger partial charge in [0.05, 0.1) is 24.9 Å². The van der Waals surface area contributed by atoms with Crippen molar-refractivity contribution in [3.05, 3.63) is 59.9 Å². The highest BCUT2D eigenvalue weighted by atomic mass is 19.1. The molecule has 0 aliphatic carbocycles. The molecule has 4 rings (SSSR count). The molecule has 0 bridgehead atoms. The second-order valence-electron chi connectivity index (χ2n) is 6.76. The molecule has 2 heterocycles. The maximum Gasteiger partial charge on any atom is 0.264 e. The Bertz CT molecular complexity index is 893. The van der Waals surface area contributed by atoms with Crippen LogP contribution in [-0.4, -0.2) is 68.0 Å². The Hall–Kier alpha value is -3.09. The van der Waals surface area contributed by atoms with Gasteiger partial charge in [0.1, 0.15) is 11.6 Å². The minimum absolute atomic E-state index is 0.106. The Morgan fingerprint density at radius 1 is 0.964 bits per heavy atom. The zero-order valence-corrected chi connectivity index (χ0v) is 15.8. The van der Waals surface area contributed by atoms with Crippen molar-refractivity contribution in [2.75, 3.05) is 51.3 Å². The number of halogens is 1. The van der Waals surface area contributed by atoms with E-state index in [9.17, 15) is 9.18 Å². The van der Waals surface area contributed by atoms with Gasteiger partial charge in [-0.05, 0) is 24.3 Å². The average Bonchev–Trinajstić information content (AvgIpc) is 3.23. The summed E-state index contributed by atoms with van der Waals surface area (Å²) in [6.45, 7) is 3.86. The molecule has 0 unspecified atom stereocenters. The van der Waals surface area contributed by atoms with Crippen LogP contribution in [0.15, 0.2) is 53.5 Å². The summed E-state index contributed by atoms with van der Waals surface area (Å²) in [6, 6.07) is 14.1. The molecule has 6 nitrogen and oxygen atoms in total. The van der Waals surface area contributed by atoms with E-state index >= 15 is 0 Å². The van der Waals surface area contributed by atoms with E-state index in [1.165, 1.54) is 6.07 Å². The van der Waals surface area contributed by atoms with Crippen LogP contribution in [0.5, 0.6) is 5.75 Å². The Morgan fingerprint density at radius 3 is 2.39 bits per heavy atom. The summed E-state index contributed by atoms with van der Waals surface area (Å²) < 4.78 is 19.4. The number of benzene rings is 2. The highest BCUT2D eigenvalue weighted by molar-refractivity contribution is 6.07. The molecule has 146 valence electrons. The Kier molecular flexibility index (Phi) is 5.14. The van der Waals surface area contributed by atoms with Crippen molar-refractivity contribution >= 4 is 17.6 Å². The zero-order valence-electron chi connectivity index (χ0n) is 15.8. The molecule has 1 saturated heterocycles. The normalized spacial score (nSPS) is 16.9. The Labute approximate surface area is 163 Å². The molecule has 2 aliphatic rings. The van der Waals surface area contributed by atoms with Gasteiger partial charge in [0, 0.05) is 32.7 Å². The second kappa shape index (κ2) is 7.88. The van der Waals surface area contributed by atoms with Gasteiger partial charge in [-0.1, -0.05) is 24.3 Å². The summed E-state index contributed by atoms with van der Waals surface area (Å²) in [6.07, 6.45) is 0. The number of carbonyl (C=O) groups is 1. The number of rotatable bonds is 3. The van der Waals surface area contributed by atoms with E-state index in [0.29, 0.717) is 62.2 Å². The van der Waals surface area contributed by atoms with Crippen LogP contribution in [0.2, 0.25) is 0 Å². The molecule has 0 N–H and O–H groups in total. The van der Waals surface area contributed by atoms with Crippen molar-refractivity contribution in [3.8, 4) is 5.75 Å². The highest BCUT2D eigenvalue weighted by Crippen LogP contribution is 2.23. The molecular formula is C21H23FN4O2. The van der Waals surface area contributed by atoms with Gasteiger partial charge in [0.2, 0.25) is 5.96 Å². The Balaban J connectivity index is 1.46. The highest BCUT2D eigenvalue weighted by Gasteiger charge is 2.32. The Morgan fingerprint density at radius 2 is 1.64 bits per heavy atom. The van der Waals surface area contributed by atoms with E-state index in [2.05, 4.69) is 9.89 Å². The first-order chi connectivity index (χ1) is 13.7. The van der Waals surface area contributed by atoms with Gasteiger partial charge in [-0.3, -0.25) is 14.7 Å². The number of carbonyl (C=O) groups excluding carboxylic acids is 1. The third-order valence-corrected chi connectivity index (χ3v) is 5.16. The number of para-hydroxylation sites is 2. The monoisotopic (exact) mass is 382 g/mol. The number of methoxy groups -OCH3 is 1. The van der Waals surface area contributed by atoms with E-state index in [1.807, 2.05) is 23.1 Å². The smallest absolute Gasteiger partial charge is 0.264 e. The van der Waals surface area contributed by atoms with Crippen molar-refractivity contribution in [2.45, 2.75) is 0 Å². The first-order valence-corrected chi connectivity index (χ1v) is 9.43. The second-order valence-corrected chi connectivity index (χ2v) is 6.76. The molecule has 1 amide bonds. The molecule has 1 fully saturated rings. The first-order valence-electron chi connectivity index (χ1n) is 9.43. The number of anilines is 1. The van der Waals surface area contributed by atoms with Crippen LogP contribution in [0.1, 0.15) is 10.4 Å². The predicted octanol–water partition coefficient (Wildman–Crippen LogP) is 2.47. The van der Waals surface area contributed by atoms with Crippen molar-refractivity contribution in [2.24, 2.45) is 4.99 Å². The van der Waals surface area contributed by atoms with Crippen LogP contribution in [-0.2, 0) is 0 Å². The van der Waals surface area contributed by atoms with Crippen molar-refractivity contribution in [1.29, 1.82) is 0 Å². The van der Waals surface area contributed by atoms with E-state index in [4.69, 9.17) is 4.74 Å². The summed E-state index contributed by atoms with van der Waals surface area (Å²) >= 11 is 0. The van der Waals surface area contributed by atoms with E-state index in [-0.39, 0.29) is 11.7 Å². The molecule has 2 aromatic rings.